The van der Waals surface area contributed by atoms with Crippen molar-refractivity contribution in [3.63, 3.8) is 0 Å². The molecule has 0 saturated carbocycles. The maximum Gasteiger partial charge on any atom is 0.256 e. The number of methoxy groups -OCH3 is 1. The van der Waals surface area contributed by atoms with E-state index in [0.717, 1.165) is 29.4 Å². The van der Waals surface area contributed by atoms with Gasteiger partial charge >= 0.3 is 0 Å². The van der Waals surface area contributed by atoms with Gasteiger partial charge in [-0.25, -0.2) is 0 Å². The molecule has 0 spiro atoms. The summed E-state index contributed by atoms with van der Waals surface area (Å²) in [4.78, 5) is 28.6. The van der Waals surface area contributed by atoms with Gasteiger partial charge in [0.2, 0.25) is 0 Å². The summed E-state index contributed by atoms with van der Waals surface area (Å²) in [5, 5.41) is 3.77. The summed E-state index contributed by atoms with van der Waals surface area (Å²) in [7, 11) is -0.947. The van der Waals surface area contributed by atoms with E-state index in [2.05, 4.69) is 21.8 Å². The molecule has 1 fully saturated rings. The van der Waals surface area contributed by atoms with Crippen molar-refractivity contribution < 1.29 is 18.6 Å². The number of carbonyl (C=O) groups excluding carboxylic acids is 1. The molecule has 1 atom stereocenters. The van der Waals surface area contributed by atoms with E-state index in [1.54, 1.807) is 13.0 Å². The van der Waals surface area contributed by atoms with E-state index >= 15 is 0 Å². The standard InChI is InChI=1S/C25H33N3O5S/c1-15-13-22(33-4)20(24(29)27-15)14-26-25(30)23-17(3)28(21-8-6-5-7-19(21)23)16(2)18-9-11-34(31,32)12-10-18/h5-8,13,16,18,31-32H,9-12,14H2,1-4H3,(H,26,30)(H,27,29). The van der Waals surface area contributed by atoms with Crippen LogP contribution in [0.1, 0.15) is 53.1 Å². The van der Waals surface area contributed by atoms with Crippen LogP contribution >= 0.6 is 10.6 Å². The molecular weight excluding hydrogens is 454 g/mol. The Bertz CT molecular complexity index is 1270. The van der Waals surface area contributed by atoms with Gasteiger partial charge < -0.3 is 19.6 Å². The first kappa shape index (κ1) is 24.4. The molecule has 184 valence electrons. The second kappa shape index (κ2) is 9.48. The van der Waals surface area contributed by atoms with Crippen molar-refractivity contribution >= 4 is 27.4 Å². The minimum atomic E-state index is -2.45. The van der Waals surface area contributed by atoms with Crippen LogP contribution in [0.3, 0.4) is 0 Å². The van der Waals surface area contributed by atoms with E-state index in [4.69, 9.17) is 4.74 Å². The fraction of sp³-hybridized carbons (Fsp3) is 0.440. The fourth-order valence-electron chi connectivity index (χ4n) is 5.12. The summed E-state index contributed by atoms with van der Waals surface area (Å²) in [5.41, 5.74) is 3.19. The minimum Gasteiger partial charge on any atom is -0.496 e. The van der Waals surface area contributed by atoms with Crippen LogP contribution in [0.5, 0.6) is 5.75 Å². The van der Waals surface area contributed by atoms with Gasteiger partial charge in [0.05, 0.1) is 24.8 Å². The number of H-pyrrole nitrogens is 1. The highest BCUT2D eigenvalue weighted by molar-refractivity contribution is 8.24. The topological polar surface area (TPSA) is 117 Å². The Morgan fingerprint density at radius 3 is 2.62 bits per heavy atom. The van der Waals surface area contributed by atoms with Crippen LogP contribution in [-0.4, -0.2) is 43.2 Å². The molecule has 4 N–H and O–H groups in total. The smallest absolute Gasteiger partial charge is 0.256 e. The molecule has 8 nitrogen and oxygen atoms in total. The zero-order chi connectivity index (χ0) is 24.6. The van der Waals surface area contributed by atoms with E-state index < -0.39 is 10.6 Å². The van der Waals surface area contributed by atoms with Crippen LogP contribution < -0.4 is 15.6 Å². The van der Waals surface area contributed by atoms with Crippen molar-refractivity contribution in [1.29, 1.82) is 0 Å². The molecule has 1 aliphatic rings. The molecule has 1 unspecified atom stereocenters. The number of benzene rings is 1. The second-order valence-corrected chi connectivity index (χ2v) is 11.6. The third-order valence-electron chi connectivity index (χ3n) is 6.98. The lowest BCUT2D eigenvalue weighted by Crippen LogP contribution is -2.29. The molecule has 9 heteroatoms. The van der Waals surface area contributed by atoms with Gasteiger partial charge in [0.15, 0.2) is 0 Å². The zero-order valence-electron chi connectivity index (χ0n) is 20.1. The fourth-order valence-corrected chi connectivity index (χ4v) is 6.68. The number of ether oxygens (including phenoxy) is 1. The number of carbonyl (C=O) groups is 1. The van der Waals surface area contributed by atoms with E-state index in [0.29, 0.717) is 40.0 Å². The van der Waals surface area contributed by atoms with Gasteiger partial charge in [-0.1, -0.05) is 18.2 Å². The van der Waals surface area contributed by atoms with Crippen molar-refractivity contribution in [1.82, 2.24) is 14.9 Å². The summed E-state index contributed by atoms with van der Waals surface area (Å²) >= 11 is 0. The van der Waals surface area contributed by atoms with Crippen molar-refractivity contribution in [3.8, 4) is 5.75 Å². The van der Waals surface area contributed by atoms with Crippen molar-refractivity contribution in [2.45, 2.75) is 46.2 Å². The highest BCUT2D eigenvalue weighted by atomic mass is 32.3. The van der Waals surface area contributed by atoms with Gasteiger partial charge in [-0.15, -0.1) is 0 Å². The summed E-state index contributed by atoms with van der Waals surface area (Å²) in [6.07, 6.45) is 1.49. The third-order valence-corrected chi connectivity index (χ3v) is 8.76. The Labute approximate surface area is 200 Å². The van der Waals surface area contributed by atoms with E-state index in [1.807, 2.05) is 31.2 Å². The van der Waals surface area contributed by atoms with E-state index in [9.17, 15) is 18.7 Å². The van der Waals surface area contributed by atoms with Crippen LogP contribution in [-0.2, 0) is 6.54 Å². The molecule has 1 aliphatic heterocycles. The highest BCUT2D eigenvalue weighted by Crippen LogP contribution is 2.48. The molecule has 0 aliphatic carbocycles. The number of aryl methyl sites for hydroxylation is 1. The molecule has 34 heavy (non-hydrogen) atoms. The second-order valence-electron chi connectivity index (χ2n) is 9.15. The number of hydrogen-bond donors (Lipinski definition) is 4. The number of nitrogens with one attached hydrogen (secondary N) is 2. The first-order valence-corrected chi connectivity index (χ1v) is 13.4. The molecule has 1 amide bonds. The van der Waals surface area contributed by atoms with Crippen LogP contribution in [0, 0.1) is 19.8 Å². The number of hydrogen-bond acceptors (Lipinski definition) is 5. The first-order chi connectivity index (χ1) is 16.1. The molecule has 1 aromatic carbocycles. The van der Waals surface area contributed by atoms with Crippen LogP contribution in [0.15, 0.2) is 35.1 Å². The zero-order valence-corrected chi connectivity index (χ0v) is 20.9. The Morgan fingerprint density at radius 1 is 1.26 bits per heavy atom. The lowest BCUT2D eigenvalue weighted by Gasteiger charge is -2.41. The van der Waals surface area contributed by atoms with Gasteiger partial charge in [-0.2, -0.15) is 10.6 Å². The predicted octanol–water partition coefficient (Wildman–Crippen LogP) is 4.61. The van der Waals surface area contributed by atoms with Crippen molar-refractivity contribution in [2.24, 2.45) is 5.92 Å². The van der Waals surface area contributed by atoms with E-state index in [1.165, 1.54) is 7.11 Å². The SMILES string of the molecule is COc1cc(C)[nH]c(=O)c1CNC(=O)c1c(C)n(C(C)C2CCS(O)(O)CC2)c2ccccc12. The molecule has 4 rings (SSSR count). The molecule has 3 aromatic rings. The molecule has 0 radical (unpaired) electrons. The summed E-state index contributed by atoms with van der Waals surface area (Å²) in [5.74, 6) is 1.35. The lowest BCUT2D eigenvalue weighted by atomic mass is 9.94. The van der Waals surface area contributed by atoms with Gasteiger partial charge in [0.1, 0.15) is 5.75 Å². The summed E-state index contributed by atoms with van der Waals surface area (Å²) in [6.45, 7) is 5.91. The number of pyridine rings is 1. The van der Waals surface area contributed by atoms with Crippen LogP contribution in [0.25, 0.3) is 10.9 Å². The molecule has 2 aromatic heterocycles. The van der Waals surface area contributed by atoms with Gasteiger partial charge in [0, 0.05) is 39.8 Å². The number of rotatable bonds is 6. The normalized spacial score (nSPS) is 17.9. The number of aromatic amines is 1. The largest absolute Gasteiger partial charge is 0.496 e. The van der Waals surface area contributed by atoms with Crippen molar-refractivity contribution in [2.75, 3.05) is 18.6 Å². The molecule has 0 bridgehead atoms. The molecule has 1 saturated heterocycles. The van der Waals surface area contributed by atoms with E-state index in [-0.39, 0.29) is 24.1 Å². The van der Waals surface area contributed by atoms with Crippen LogP contribution in [0.4, 0.5) is 0 Å². The predicted molar refractivity (Wildman–Crippen MR) is 136 cm³/mol. The average Bonchev–Trinajstić information content (AvgIpc) is 3.09. The number of fused-ring (bicyclic) bond motifs is 1. The number of para-hydroxylation sites is 1. The summed E-state index contributed by atoms with van der Waals surface area (Å²) in [6, 6.07) is 9.66. The monoisotopic (exact) mass is 487 g/mol. The average molecular weight is 488 g/mol. The number of amides is 1. The number of nitrogens with zero attached hydrogens (tertiary/aromatic N) is 1. The first-order valence-electron chi connectivity index (χ1n) is 11.5. The van der Waals surface area contributed by atoms with Crippen molar-refractivity contribution in [3.05, 3.63) is 63.2 Å². The summed E-state index contributed by atoms with van der Waals surface area (Å²) < 4.78 is 27.6. The Kier molecular flexibility index (Phi) is 6.80. The molecule has 3 heterocycles. The maximum atomic E-state index is 13.4. The Hall–Kier alpha value is -2.75. The molecular formula is C25H33N3O5S. The highest BCUT2D eigenvalue weighted by Gasteiger charge is 2.31. The van der Waals surface area contributed by atoms with Gasteiger partial charge in [-0.05, 0) is 51.7 Å². The number of aromatic nitrogens is 2. The lowest BCUT2D eigenvalue weighted by molar-refractivity contribution is 0.0951. The quantitative estimate of drug-likeness (QED) is 0.405. The third kappa shape index (κ3) is 4.60. The maximum absolute atomic E-state index is 13.4. The Balaban J connectivity index is 1.65. The van der Waals surface area contributed by atoms with Gasteiger partial charge in [0.25, 0.3) is 11.5 Å². The van der Waals surface area contributed by atoms with Gasteiger partial charge in [-0.3, -0.25) is 18.7 Å². The Morgan fingerprint density at radius 2 is 1.94 bits per heavy atom. The minimum absolute atomic E-state index is 0.0482. The van der Waals surface area contributed by atoms with Crippen LogP contribution in [0.2, 0.25) is 0 Å².